The smallest absolute Gasteiger partial charge is 0.404 e. The van der Waals surface area contributed by atoms with Crippen molar-refractivity contribution in [3.05, 3.63) is 30.1 Å². The van der Waals surface area contributed by atoms with Crippen molar-refractivity contribution in [3.63, 3.8) is 0 Å². The molecule has 2 N–H and O–H groups in total. The molecule has 1 aliphatic heterocycles. The van der Waals surface area contributed by atoms with Gasteiger partial charge in [-0.25, -0.2) is 9.18 Å². The molecule has 0 radical (unpaired) electrons. The van der Waals surface area contributed by atoms with Crippen LogP contribution >= 0.6 is 0 Å². The molecular formula is C11H13FN2O2. The molecule has 1 aliphatic rings. The molecule has 1 aromatic carbocycles. The van der Waals surface area contributed by atoms with Crippen molar-refractivity contribution >= 4 is 11.8 Å². The molecule has 0 saturated carbocycles. The Balaban J connectivity index is 1.98. The van der Waals surface area contributed by atoms with Gasteiger partial charge in [0.05, 0.1) is 6.04 Å². The molecule has 0 aromatic heterocycles. The van der Waals surface area contributed by atoms with Crippen molar-refractivity contribution in [2.75, 3.05) is 18.0 Å². The lowest BCUT2D eigenvalue weighted by Crippen LogP contribution is -2.36. The zero-order valence-electron chi connectivity index (χ0n) is 8.69. The van der Waals surface area contributed by atoms with Gasteiger partial charge in [0.2, 0.25) is 0 Å². The number of anilines is 1. The molecule has 16 heavy (non-hydrogen) atoms. The number of hydrogen-bond acceptors (Lipinski definition) is 2. The first-order valence-electron chi connectivity index (χ1n) is 5.15. The molecule has 1 unspecified atom stereocenters. The fourth-order valence-electron chi connectivity index (χ4n) is 1.94. The second-order valence-corrected chi connectivity index (χ2v) is 3.86. The topological polar surface area (TPSA) is 52.6 Å². The van der Waals surface area contributed by atoms with Crippen molar-refractivity contribution in [2.45, 2.75) is 12.5 Å². The van der Waals surface area contributed by atoms with Gasteiger partial charge in [0, 0.05) is 18.8 Å². The van der Waals surface area contributed by atoms with E-state index < -0.39 is 6.09 Å². The molecule has 0 spiro atoms. The van der Waals surface area contributed by atoms with Gasteiger partial charge in [-0.05, 0) is 30.7 Å². The molecule has 0 bridgehead atoms. The average Bonchev–Trinajstić information content (AvgIpc) is 2.66. The van der Waals surface area contributed by atoms with Crippen LogP contribution in [0.1, 0.15) is 6.42 Å². The molecule has 1 heterocycles. The predicted octanol–water partition coefficient (Wildman–Crippen LogP) is 1.67. The van der Waals surface area contributed by atoms with Crippen LogP contribution in [0.15, 0.2) is 24.3 Å². The van der Waals surface area contributed by atoms with Gasteiger partial charge in [-0.15, -0.1) is 0 Å². The minimum atomic E-state index is -0.994. The molecule has 5 heteroatoms. The van der Waals surface area contributed by atoms with Crippen LogP contribution in [0.25, 0.3) is 0 Å². The zero-order chi connectivity index (χ0) is 11.5. The highest BCUT2D eigenvalue weighted by molar-refractivity contribution is 5.65. The summed E-state index contributed by atoms with van der Waals surface area (Å²) in [5.74, 6) is -0.261. The number of carboxylic acid groups (broad SMARTS) is 1. The van der Waals surface area contributed by atoms with Crippen LogP contribution in [0.5, 0.6) is 0 Å². The molecule has 1 atom stereocenters. The van der Waals surface area contributed by atoms with Crippen LogP contribution < -0.4 is 10.2 Å². The van der Waals surface area contributed by atoms with Crippen LogP contribution in [0.4, 0.5) is 14.9 Å². The fourth-order valence-corrected chi connectivity index (χ4v) is 1.94. The standard InChI is InChI=1S/C11H13FN2O2/c12-8-1-3-10(4-2-8)14-6-5-9(7-14)13-11(15)16/h1-4,9,13H,5-7H2,(H,15,16). The van der Waals surface area contributed by atoms with Gasteiger partial charge in [-0.3, -0.25) is 0 Å². The van der Waals surface area contributed by atoms with Gasteiger partial charge in [-0.1, -0.05) is 0 Å². The quantitative estimate of drug-likeness (QED) is 0.803. The lowest BCUT2D eigenvalue weighted by Gasteiger charge is -2.18. The maximum Gasteiger partial charge on any atom is 0.404 e. The molecule has 1 amide bonds. The first-order valence-corrected chi connectivity index (χ1v) is 5.15. The third-order valence-electron chi connectivity index (χ3n) is 2.71. The van der Waals surface area contributed by atoms with E-state index in [1.165, 1.54) is 12.1 Å². The summed E-state index contributed by atoms with van der Waals surface area (Å²) in [6.45, 7) is 1.43. The van der Waals surface area contributed by atoms with Gasteiger partial charge < -0.3 is 15.3 Å². The van der Waals surface area contributed by atoms with E-state index in [1.54, 1.807) is 12.1 Å². The van der Waals surface area contributed by atoms with Crippen LogP contribution in [-0.4, -0.2) is 30.3 Å². The summed E-state index contributed by atoms with van der Waals surface area (Å²) in [6.07, 6.45) is -0.213. The van der Waals surface area contributed by atoms with Crippen molar-refractivity contribution in [1.29, 1.82) is 0 Å². The molecular weight excluding hydrogens is 211 g/mol. The highest BCUT2D eigenvalue weighted by Gasteiger charge is 2.23. The van der Waals surface area contributed by atoms with E-state index in [0.29, 0.717) is 6.54 Å². The zero-order valence-corrected chi connectivity index (χ0v) is 8.69. The van der Waals surface area contributed by atoms with Gasteiger partial charge >= 0.3 is 6.09 Å². The normalized spacial score (nSPS) is 19.8. The van der Waals surface area contributed by atoms with Gasteiger partial charge in [0.15, 0.2) is 0 Å². The van der Waals surface area contributed by atoms with Crippen molar-refractivity contribution in [3.8, 4) is 0 Å². The molecule has 1 saturated heterocycles. The highest BCUT2D eigenvalue weighted by atomic mass is 19.1. The fraction of sp³-hybridized carbons (Fsp3) is 0.364. The lowest BCUT2D eigenvalue weighted by atomic mass is 10.3. The summed E-state index contributed by atoms with van der Waals surface area (Å²) in [5, 5.41) is 11.0. The Morgan fingerprint density at radius 3 is 2.75 bits per heavy atom. The second kappa shape index (κ2) is 4.38. The molecule has 2 rings (SSSR count). The third-order valence-corrected chi connectivity index (χ3v) is 2.71. The first kappa shape index (κ1) is 10.7. The van der Waals surface area contributed by atoms with Crippen molar-refractivity contribution in [1.82, 2.24) is 5.32 Å². The number of hydrogen-bond donors (Lipinski definition) is 2. The van der Waals surface area contributed by atoms with Crippen molar-refractivity contribution in [2.24, 2.45) is 0 Å². The lowest BCUT2D eigenvalue weighted by molar-refractivity contribution is 0.191. The molecule has 4 nitrogen and oxygen atoms in total. The summed E-state index contributed by atoms with van der Waals surface area (Å²) in [4.78, 5) is 12.5. The minimum absolute atomic E-state index is 0.0393. The number of nitrogens with zero attached hydrogens (tertiary/aromatic N) is 1. The van der Waals surface area contributed by atoms with Crippen LogP contribution in [0, 0.1) is 5.82 Å². The van der Waals surface area contributed by atoms with E-state index in [1.807, 2.05) is 4.90 Å². The number of carbonyl (C=O) groups is 1. The molecule has 86 valence electrons. The highest BCUT2D eigenvalue weighted by Crippen LogP contribution is 2.20. The number of nitrogens with one attached hydrogen (secondary N) is 1. The average molecular weight is 224 g/mol. The van der Waals surface area contributed by atoms with Crippen LogP contribution in [-0.2, 0) is 0 Å². The summed E-state index contributed by atoms with van der Waals surface area (Å²) >= 11 is 0. The van der Waals surface area contributed by atoms with Gasteiger partial charge in [-0.2, -0.15) is 0 Å². The van der Waals surface area contributed by atoms with E-state index in [9.17, 15) is 9.18 Å². The number of rotatable bonds is 2. The first-order chi connectivity index (χ1) is 7.65. The Labute approximate surface area is 92.7 Å². The number of benzene rings is 1. The van der Waals surface area contributed by atoms with Crippen molar-refractivity contribution < 1.29 is 14.3 Å². The Morgan fingerprint density at radius 1 is 1.44 bits per heavy atom. The van der Waals surface area contributed by atoms with Crippen LogP contribution in [0.3, 0.4) is 0 Å². The summed E-state index contributed by atoms with van der Waals surface area (Å²) in [5.41, 5.74) is 0.927. The Bertz CT molecular complexity index is 380. The van der Waals surface area contributed by atoms with E-state index in [-0.39, 0.29) is 11.9 Å². The number of amides is 1. The molecule has 1 fully saturated rings. The van der Waals surface area contributed by atoms with E-state index >= 15 is 0 Å². The largest absolute Gasteiger partial charge is 0.465 e. The SMILES string of the molecule is O=C(O)NC1CCN(c2ccc(F)cc2)C1. The summed E-state index contributed by atoms with van der Waals surface area (Å²) < 4.78 is 12.7. The van der Waals surface area contributed by atoms with E-state index in [2.05, 4.69) is 5.32 Å². The number of halogens is 1. The van der Waals surface area contributed by atoms with E-state index in [0.717, 1.165) is 18.7 Å². The van der Waals surface area contributed by atoms with Crippen LogP contribution in [0.2, 0.25) is 0 Å². The van der Waals surface area contributed by atoms with Gasteiger partial charge in [0.1, 0.15) is 5.82 Å². The molecule has 0 aliphatic carbocycles. The summed E-state index contributed by atoms with van der Waals surface area (Å²) in [7, 11) is 0. The second-order valence-electron chi connectivity index (χ2n) is 3.86. The predicted molar refractivity (Wildman–Crippen MR) is 58.2 cm³/mol. The van der Waals surface area contributed by atoms with E-state index in [4.69, 9.17) is 5.11 Å². The Kier molecular flexibility index (Phi) is 2.94. The maximum absolute atomic E-state index is 12.7. The third kappa shape index (κ3) is 2.42. The monoisotopic (exact) mass is 224 g/mol. The molecule has 1 aromatic rings. The maximum atomic E-state index is 12.7. The Morgan fingerprint density at radius 2 is 2.12 bits per heavy atom. The van der Waals surface area contributed by atoms with Gasteiger partial charge in [0.25, 0.3) is 0 Å². The Hall–Kier alpha value is -1.78. The minimum Gasteiger partial charge on any atom is -0.465 e. The summed E-state index contributed by atoms with van der Waals surface area (Å²) in [6, 6.07) is 6.19.